The first kappa shape index (κ1) is 20.6. The fourth-order valence-corrected chi connectivity index (χ4v) is 3.34. The number of benzene rings is 2. The van der Waals surface area contributed by atoms with Gasteiger partial charge in [-0.25, -0.2) is 4.39 Å². The smallest absolute Gasteiger partial charge is 0.282 e. The number of amides is 1. The molecule has 1 amide bonds. The molecule has 1 N–H and O–H groups in total. The van der Waals surface area contributed by atoms with Crippen LogP contribution >= 0.6 is 22.9 Å². The molecule has 1 aromatic heterocycles. The molecule has 0 aliphatic heterocycles. The predicted octanol–water partition coefficient (Wildman–Crippen LogP) is 4.56. The van der Waals surface area contributed by atoms with Crippen LogP contribution in [0.4, 0.5) is 10.1 Å². The Bertz CT molecular complexity index is 1100. The van der Waals surface area contributed by atoms with Crippen molar-refractivity contribution in [3.05, 3.63) is 85.1 Å². The summed E-state index contributed by atoms with van der Waals surface area (Å²) in [6.45, 7) is 1.86. The van der Waals surface area contributed by atoms with Gasteiger partial charge in [-0.15, -0.1) is 10.2 Å². The van der Waals surface area contributed by atoms with Crippen molar-refractivity contribution < 1.29 is 14.1 Å². The van der Waals surface area contributed by atoms with Crippen molar-refractivity contribution in [2.75, 3.05) is 0 Å². The average Bonchev–Trinajstić information content (AvgIpc) is 3.19. The number of hydrogen-bond donors (Lipinski definition) is 1. The Labute approximate surface area is 174 Å². The van der Waals surface area contributed by atoms with Crippen LogP contribution in [0.3, 0.4) is 0 Å². The number of nitro benzene ring substituents is 1. The Morgan fingerprint density at radius 3 is 2.62 bits per heavy atom. The van der Waals surface area contributed by atoms with E-state index < -0.39 is 10.8 Å². The zero-order valence-electron chi connectivity index (χ0n) is 15.1. The van der Waals surface area contributed by atoms with E-state index in [9.17, 15) is 19.3 Å². The molecule has 0 aliphatic rings. The summed E-state index contributed by atoms with van der Waals surface area (Å²) >= 11 is 7.24. The van der Waals surface area contributed by atoms with Crippen LogP contribution in [0, 0.1) is 22.9 Å². The summed E-state index contributed by atoms with van der Waals surface area (Å²) < 4.78 is 12.9. The average molecular weight is 433 g/mol. The zero-order chi connectivity index (χ0) is 21.0. The summed E-state index contributed by atoms with van der Waals surface area (Å²) in [5.74, 6) is -0.789. The standard InChI is InChI=1S/C19H14ClFN4O3S/c1-11-2-3-13(9-16(11)25(27)28)8-15(20)18-23-24-19(29-18)17(26)22-10-12-4-6-14(21)7-5-12/h2-9H,10H2,1H3,(H,22,26)/b15-8-. The van der Waals surface area contributed by atoms with E-state index in [0.717, 1.165) is 16.9 Å². The molecular weight excluding hydrogens is 419 g/mol. The van der Waals surface area contributed by atoms with E-state index in [4.69, 9.17) is 11.6 Å². The normalized spacial score (nSPS) is 11.3. The van der Waals surface area contributed by atoms with Crippen LogP contribution in [0.5, 0.6) is 0 Å². The van der Waals surface area contributed by atoms with Gasteiger partial charge in [0.1, 0.15) is 5.82 Å². The molecular formula is C19H14ClFN4O3S. The monoisotopic (exact) mass is 432 g/mol. The number of nitrogens with zero attached hydrogens (tertiary/aromatic N) is 3. The van der Waals surface area contributed by atoms with Crippen LogP contribution in [-0.4, -0.2) is 21.0 Å². The lowest BCUT2D eigenvalue weighted by atomic mass is 10.1. The van der Waals surface area contributed by atoms with E-state index >= 15 is 0 Å². The lowest BCUT2D eigenvalue weighted by Gasteiger charge is -2.02. The largest absolute Gasteiger partial charge is 0.346 e. The molecule has 7 nitrogen and oxygen atoms in total. The quantitative estimate of drug-likeness (QED) is 0.454. The number of halogens is 2. The number of nitrogens with one attached hydrogen (secondary N) is 1. The maximum Gasteiger partial charge on any atom is 0.282 e. The van der Waals surface area contributed by atoms with Gasteiger partial charge in [0, 0.05) is 18.2 Å². The molecule has 0 unspecified atom stereocenters. The highest BCUT2D eigenvalue weighted by Crippen LogP contribution is 2.27. The van der Waals surface area contributed by atoms with Crippen LogP contribution in [0.25, 0.3) is 11.1 Å². The van der Waals surface area contributed by atoms with Crippen LogP contribution in [0.2, 0.25) is 0 Å². The van der Waals surface area contributed by atoms with Gasteiger partial charge in [-0.05, 0) is 36.3 Å². The van der Waals surface area contributed by atoms with Crippen LogP contribution in [-0.2, 0) is 6.54 Å². The molecule has 10 heteroatoms. The third-order valence-electron chi connectivity index (χ3n) is 3.91. The van der Waals surface area contributed by atoms with Crippen LogP contribution in [0.1, 0.15) is 31.5 Å². The second-order valence-electron chi connectivity index (χ2n) is 6.02. The van der Waals surface area contributed by atoms with Crippen LogP contribution in [0.15, 0.2) is 42.5 Å². The molecule has 0 radical (unpaired) electrons. The van der Waals surface area contributed by atoms with E-state index in [1.54, 1.807) is 31.2 Å². The lowest BCUT2D eigenvalue weighted by Crippen LogP contribution is -2.22. The molecule has 0 bridgehead atoms. The van der Waals surface area contributed by atoms with Gasteiger partial charge < -0.3 is 5.32 Å². The maximum absolute atomic E-state index is 12.9. The number of aryl methyl sites for hydroxylation is 1. The van der Waals surface area contributed by atoms with Gasteiger partial charge >= 0.3 is 0 Å². The summed E-state index contributed by atoms with van der Waals surface area (Å²) in [6, 6.07) is 10.5. The van der Waals surface area contributed by atoms with Gasteiger partial charge in [-0.2, -0.15) is 0 Å². The molecule has 0 aliphatic carbocycles. The van der Waals surface area contributed by atoms with Crippen molar-refractivity contribution in [2.24, 2.45) is 0 Å². The van der Waals surface area contributed by atoms with Crippen molar-refractivity contribution in [2.45, 2.75) is 13.5 Å². The van der Waals surface area contributed by atoms with Crippen molar-refractivity contribution in [3.63, 3.8) is 0 Å². The molecule has 3 rings (SSSR count). The Balaban J connectivity index is 1.70. The van der Waals surface area contributed by atoms with Gasteiger partial charge in [0.25, 0.3) is 11.6 Å². The van der Waals surface area contributed by atoms with E-state index in [-0.39, 0.29) is 28.1 Å². The molecule has 2 aromatic carbocycles. The molecule has 0 atom stereocenters. The zero-order valence-corrected chi connectivity index (χ0v) is 16.6. The third-order valence-corrected chi connectivity index (χ3v) is 5.27. The van der Waals surface area contributed by atoms with E-state index in [0.29, 0.717) is 16.1 Å². The van der Waals surface area contributed by atoms with Crippen LogP contribution < -0.4 is 5.32 Å². The molecule has 0 spiro atoms. The highest BCUT2D eigenvalue weighted by atomic mass is 35.5. The van der Waals surface area contributed by atoms with Gasteiger partial charge in [-0.1, -0.05) is 47.2 Å². The Morgan fingerprint density at radius 1 is 1.24 bits per heavy atom. The van der Waals surface area contributed by atoms with Crippen molar-refractivity contribution >= 4 is 45.6 Å². The Hall–Kier alpha value is -3.17. The molecule has 0 saturated carbocycles. The predicted molar refractivity (Wildman–Crippen MR) is 109 cm³/mol. The van der Waals surface area contributed by atoms with Gasteiger partial charge in [0.05, 0.1) is 9.96 Å². The number of hydrogen-bond acceptors (Lipinski definition) is 6. The Morgan fingerprint density at radius 2 is 1.93 bits per heavy atom. The fourth-order valence-electron chi connectivity index (χ4n) is 2.39. The summed E-state index contributed by atoms with van der Waals surface area (Å²) in [5, 5.41) is 22.1. The molecule has 0 fully saturated rings. The van der Waals surface area contributed by atoms with Crippen molar-refractivity contribution in [1.82, 2.24) is 15.5 Å². The summed E-state index contributed by atoms with van der Waals surface area (Å²) in [6.07, 6.45) is 1.52. The van der Waals surface area contributed by atoms with Gasteiger partial charge in [0.2, 0.25) is 5.01 Å². The summed E-state index contributed by atoms with van der Waals surface area (Å²) in [5.41, 5.74) is 1.80. The van der Waals surface area contributed by atoms with Gasteiger partial charge in [-0.3, -0.25) is 14.9 Å². The minimum Gasteiger partial charge on any atom is -0.346 e. The first-order valence-electron chi connectivity index (χ1n) is 8.32. The second-order valence-corrected chi connectivity index (χ2v) is 7.40. The lowest BCUT2D eigenvalue weighted by molar-refractivity contribution is -0.385. The summed E-state index contributed by atoms with van der Waals surface area (Å²) in [4.78, 5) is 22.8. The number of carbonyl (C=O) groups is 1. The molecule has 3 aromatic rings. The fraction of sp³-hybridized carbons (Fsp3) is 0.105. The van der Waals surface area contributed by atoms with Gasteiger partial charge in [0.15, 0.2) is 5.01 Å². The van der Waals surface area contributed by atoms with Crippen molar-refractivity contribution in [1.29, 1.82) is 0 Å². The molecule has 0 saturated heterocycles. The van der Waals surface area contributed by atoms with Crippen molar-refractivity contribution in [3.8, 4) is 0 Å². The molecule has 29 heavy (non-hydrogen) atoms. The van der Waals surface area contributed by atoms with E-state index in [2.05, 4.69) is 15.5 Å². The number of nitro groups is 1. The highest BCUT2D eigenvalue weighted by molar-refractivity contribution is 7.15. The number of aromatic nitrogens is 2. The first-order chi connectivity index (χ1) is 13.8. The second kappa shape index (κ2) is 8.89. The number of carbonyl (C=O) groups excluding carboxylic acids is 1. The number of rotatable bonds is 6. The highest BCUT2D eigenvalue weighted by Gasteiger charge is 2.15. The minimum absolute atomic E-state index is 0.0126. The Kier molecular flexibility index (Phi) is 6.30. The SMILES string of the molecule is Cc1ccc(/C=C(\Cl)c2nnc(C(=O)NCc3ccc(F)cc3)s2)cc1[N+](=O)[O-]. The first-order valence-corrected chi connectivity index (χ1v) is 9.51. The van der Waals surface area contributed by atoms with E-state index in [1.807, 2.05) is 0 Å². The molecule has 148 valence electrons. The third kappa shape index (κ3) is 5.21. The topological polar surface area (TPSA) is 98.0 Å². The minimum atomic E-state index is -0.463. The summed E-state index contributed by atoms with van der Waals surface area (Å²) in [7, 11) is 0. The molecule has 1 heterocycles. The maximum atomic E-state index is 12.9. The van der Waals surface area contributed by atoms with E-state index in [1.165, 1.54) is 24.3 Å².